The van der Waals surface area contributed by atoms with E-state index in [2.05, 4.69) is 37.1 Å². The van der Waals surface area contributed by atoms with E-state index in [9.17, 15) is 4.79 Å². The van der Waals surface area contributed by atoms with Crippen LogP contribution in [0.1, 0.15) is 0 Å². The summed E-state index contributed by atoms with van der Waals surface area (Å²) in [5, 5.41) is 2.94. The van der Waals surface area contributed by atoms with E-state index >= 15 is 0 Å². The molecule has 0 atom stereocenters. The van der Waals surface area contributed by atoms with Crippen molar-refractivity contribution in [1.29, 1.82) is 0 Å². The molecule has 1 aliphatic heterocycles. The van der Waals surface area contributed by atoms with Gasteiger partial charge in [0.05, 0.1) is 19.3 Å². The second-order valence-corrected chi connectivity index (χ2v) is 6.91. The van der Waals surface area contributed by atoms with Crippen molar-refractivity contribution in [3.05, 3.63) is 53.0 Å². The number of anilines is 2. The maximum absolute atomic E-state index is 12.2. The monoisotopic (exact) mass is 403 g/mol. The van der Waals surface area contributed by atoms with Gasteiger partial charge in [-0.15, -0.1) is 0 Å². The number of ether oxygens (including phenoxy) is 1. The van der Waals surface area contributed by atoms with Gasteiger partial charge in [0.25, 0.3) is 0 Å². The number of nitrogens with one attached hydrogen (secondary N) is 1. The standard InChI is InChI=1S/C19H22BrN3O2/c1-25-18-5-3-2-4-17(18)23-12-10-22(11-13-23)14-19(24)21-16-8-6-15(20)7-9-16/h2-9H,10-14H2,1H3,(H,21,24). The average Bonchev–Trinajstić information content (AvgIpc) is 2.64. The highest BCUT2D eigenvalue weighted by molar-refractivity contribution is 9.10. The summed E-state index contributed by atoms with van der Waals surface area (Å²) < 4.78 is 6.44. The number of piperazine rings is 1. The molecule has 0 aliphatic carbocycles. The Morgan fingerprint density at radius 3 is 2.44 bits per heavy atom. The zero-order valence-corrected chi connectivity index (χ0v) is 15.8. The molecule has 0 spiro atoms. The van der Waals surface area contributed by atoms with Crippen molar-refractivity contribution in [3.8, 4) is 5.75 Å². The second-order valence-electron chi connectivity index (χ2n) is 5.99. The molecule has 1 amide bonds. The Kier molecular flexibility index (Phi) is 5.94. The quantitative estimate of drug-likeness (QED) is 0.832. The van der Waals surface area contributed by atoms with Crippen LogP contribution >= 0.6 is 15.9 Å². The lowest BCUT2D eigenvalue weighted by Gasteiger charge is -2.36. The van der Waals surface area contributed by atoms with Crippen LogP contribution in [0.2, 0.25) is 0 Å². The molecule has 6 heteroatoms. The van der Waals surface area contributed by atoms with Crippen molar-refractivity contribution in [3.63, 3.8) is 0 Å². The van der Waals surface area contributed by atoms with Gasteiger partial charge in [-0.1, -0.05) is 28.1 Å². The smallest absolute Gasteiger partial charge is 0.238 e. The number of methoxy groups -OCH3 is 1. The van der Waals surface area contributed by atoms with Crippen molar-refractivity contribution in [2.24, 2.45) is 0 Å². The van der Waals surface area contributed by atoms with Crippen LogP contribution in [0.3, 0.4) is 0 Å². The highest BCUT2D eigenvalue weighted by atomic mass is 79.9. The molecule has 1 aliphatic rings. The molecule has 2 aromatic rings. The van der Waals surface area contributed by atoms with E-state index in [4.69, 9.17) is 4.74 Å². The van der Waals surface area contributed by atoms with Gasteiger partial charge in [-0.05, 0) is 36.4 Å². The van der Waals surface area contributed by atoms with Gasteiger partial charge in [0.1, 0.15) is 5.75 Å². The zero-order chi connectivity index (χ0) is 17.6. The number of carbonyl (C=O) groups excluding carboxylic acids is 1. The normalized spacial score (nSPS) is 15.0. The van der Waals surface area contributed by atoms with Crippen LogP contribution in [0, 0.1) is 0 Å². The lowest BCUT2D eigenvalue weighted by Crippen LogP contribution is -2.48. The molecule has 0 saturated carbocycles. The molecule has 1 heterocycles. The number of hydrogen-bond donors (Lipinski definition) is 1. The Morgan fingerprint density at radius 2 is 1.76 bits per heavy atom. The SMILES string of the molecule is COc1ccccc1N1CCN(CC(=O)Nc2ccc(Br)cc2)CC1. The molecule has 5 nitrogen and oxygen atoms in total. The maximum Gasteiger partial charge on any atom is 0.238 e. The van der Waals surface area contributed by atoms with Gasteiger partial charge in [-0.2, -0.15) is 0 Å². The first-order valence-electron chi connectivity index (χ1n) is 8.31. The fourth-order valence-electron chi connectivity index (χ4n) is 2.97. The first kappa shape index (κ1) is 17.8. The zero-order valence-electron chi connectivity index (χ0n) is 14.2. The number of hydrogen-bond acceptors (Lipinski definition) is 4. The van der Waals surface area contributed by atoms with Gasteiger partial charge in [0.15, 0.2) is 0 Å². The molecule has 0 bridgehead atoms. The molecular weight excluding hydrogens is 382 g/mol. The van der Waals surface area contributed by atoms with Crippen molar-refractivity contribution in [2.75, 3.05) is 50.1 Å². The molecule has 132 valence electrons. The van der Waals surface area contributed by atoms with Gasteiger partial charge in [-0.25, -0.2) is 0 Å². The Bertz CT molecular complexity index is 713. The highest BCUT2D eigenvalue weighted by Crippen LogP contribution is 2.28. The number of carbonyl (C=O) groups is 1. The van der Waals surface area contributed by atoms with Gasteiger partial charge < -0.3 is 15.0 Å². The lowest BCUT2D eigenvalue weighted by atomic mass is 10.2. The molecule has 3 rings (SSSR count). The van der Waals surface area contributed by atoms with Crippen molar-refractivity contribution >= 4 is 33.2 Å². The molecular formula is C19H22BrN3O2. The Hall–Kier alpha value is -2.05. The number of benzene rings is 2. The molecule has 1 saturated heterocycles. The Labute approximate surface area is 156 Å². The first-order chi connectivity index (χ1) is 12.2. The third-order valence-electron chi connectivity index (χ3n) is 4.29. The third-order valence-corrected chi connectivity index (χ3v) is 4.82. The van der Waals surface area contributed by atoms with Crippen LogP contribution < -0.4 is 15.0 Å². The van der Waals surface area contributed by atoms with Crippen LogP contribution in [-0.4, -0.2) is 50.6 Å². The minimum atomic E-state index is 0.0214. The summed E-state index contributed by atoms with van der Waals surface area (Å²) in [7, 11) is 1.70. The van der Waals surface area contributed by atoms with E-state index in [1.807, 2.05) is 42.5 Å². The highest BCUT2D eigenvalue weighted by Gasteiger charge is 2.21. The van der Waals surface area contributed by atoms with Crippen LogP contribution in [0.15, 0.2) is 53.0 Å². The van der Waals surface area contributed by atoms with E-state index in [0.29, 0.717) is 6.54 Å². The van der Waals surface area contributed by atoms with Gasteiger partial charge in [0, 0.05) is 36.3 Å². The number of rotatable bonds is 5. The number of amides is 1. The van der Waals surface area contributed by atoms with Crippen LogP contribution in [0.25, 0.3) is 0 Å². The Morgan fingerprint density at radius 1 is 1.08 bits per heavy atom. The molecule has 25 heavy (non-hydrogen) atoms. The van der Waals surface area contributed by atoms with Gasteiger partial charge in [0.2, 0.25) is 5.91 Å². The summed E-state index contributed by atoms with van der Waals surface area (Å²) in [5.74, 6) is 0.914. The lowest BCUT2D eigenvalue weighted by molar-refractivity contribution is -0.117. The summed E-state index contributed by atoms with van der Waals surface area (Å²) in [6.07, 6.45) is 0. The average molecular weight is 404 g/mol. The van der Waals surface area contributed by atoms with Gasteiger partial charge in [-0.3, -0.25) is 9.69 Å². The second kappa shape index (κ2) is 8.36. The Balaban J connectivity index is 1.50. The summed E-state index contributed by atoms with van der Waals surface area (Å²) in [6.45, 7) is 3.88. The van der Waals surface area contributed by atoms with Crippen molar-refractivity contribution in [1.82, 2.24) is 4.90 Å². The summed E-state index contributed by atoms with van der Waals surface area (Å²) in [5.41, 5.74) is 1.94. The third kappa shape index (κ3) is 4.74. The van der Waals surface area contributed by atoms with E-state index in [1.165, 1.54) is 0 Å². The van der Waals surface area contributed by atoms with Crippen molar-refractivity contribution in [2.45, 2.75) is 0 Å². The fraction of sp³-hybridized carbons (Fsp3) is 0.316. The number of nitrogens with zero attached hydrogens (tertiary/aromatic N) is 2. The van der Waals surface area contributed by atoms with Crippen LogP contribution in [-0.2, 0) is 4.79 Å². The van der Waals surface area contributed by atoms with E-state index in [1.54, 1.807) is 7.11 Å². The van der Waals surface area contributed by atoms with E-state index in [-0.39, 0.29) is 5.91 Å². The predicted molar refractivity (Wildman–Crippen MR) is 104 cm³/mol. The first-order valence-corrected chi connectivity index (χ1v) is 9.11. The van der Waals surface area contributed by atoms with Crippen LogP contribution in [0.4, 0.5) is 11.4 Å². The molecule has 1 fully saturated rings. The molecule has 0 unspecified atom stereocenters. The van der Waals surface area contributed by atoms with Crippen LogP contribution in [0.5, 0.6) is 5.75 Å². The summed E-state index contributed by atoms with van der Waals surface area (Å²) >= 11 is 3.39. The van der Waals surface area contributed by atoms with E-state index in [0.717, 1.165) is 47.8 Å². The summed E-state index contributed by atoms with van der Waals surface area (Å²) in [6, 6.07) is 15.7. The van der Waals surface area contributed by atoms with Crippen molar-refractivity contribution < 1.29 is 9.53 Å². The molecule has 2 aromatic carbocycles. The fourth-order valence-corrected chi connectivity index (χ4v) is 3.24. The minimum absolute atomic E-state index is 0.0214. The largest absolute Gasteiger partial charge is 0.495 e. The molecule has 0 radical (unpaired) electrons. The predicted octanol–water partition coefficient (Wildman–Crippen LogP) is 3.22. The maximum atomic E-state index is 12.2. The number of halogens is 1. The number of para-hydroxylation sites is 2. The molecule has 0 aromatic heterocycles. The minimum Gasteiger partial charge on any atom is -0.495 e. The summed E-state index contributed by atoms with van der Waals surface area (Å²) in [4.78, 5) is 16.7. The molecule has 1 N–H and O–H groups in total. The van der Waals surface area contributed by atoms with Gasteiger partial charge >= 0.3 is 0 Å². The van der Waals surface area contributed by atoms with E-state index < -0.39 is 0 Å². The topological polar surface area (TPSA) is 44.8 Å².